The second-order valence-electron chi connectivity index (χ2n) is 5.86. The van der Waals surface area contributed by atoms with E-state index in [0.717, 1.165) is 18.2 Å². The third-order valence-electron chi connectivity index (χ3n) is 4.24. The maximum Gasteiger partial charge on any atom is 0.118 e. The zero-order valence-corrected chi connectivity index (χ0v) is 13.1. The third-order valence-corrected chi connectivity index (χ3v) is 4.24. The van der Waals surface area contributed by atoms with Crippen molar-refractivity contribution in [3.05, 3.63) is 29.8 Å². The summed E-state index contributed by atoms with van der Waals surface area (Å²) in [6, 6.07) is 8.77. The molecule has 2 atom stereocenters. The average Bonchev–Trinajstić information content (AvgIpc) is 2.93. The summed E-state index contributed by atoms with van der Waals surface area (Å²) < 4.78 is 5.20. The number of rotatable bonds is 7. The van der Waals surface area contributed by atoms with E-state index in [-0.39, 0.29) is 0 Å². The normalized spacial score (nSPS) is 21.1. The van der Waals surface area contributed by atoms with Crippen molar-refractivity contribution >= 4 is 0 Å². The molecule has 0 aliphatic carbocycles. The fourth-order valence-corrected chi connectivity index (χ4v) is 2.95. The van der Waals surface area contributed by atoms with E-state index < -0.39 is 0 Å². The minimum Gasteiger partial charge on any atom is -0.497 e. The van der Waals surface area contributed by atoms with Crippen LogP contribution in [0.4, 0.5) is 0 Å². The van der Waals surface area contributed by atoms with E-state index in [4.69, 9.17) is 4.74 Å². The highest BCUT2D eigenvalue weighted by Gasteiger charge is 2.21. The second kappa shape index (κ2) is 7.65. The van der Waals surface area contributed by atoms with Crippen LogP contribution in [-0.2, 0) is 0 Å². The molecule has 2 rings (SSSR count). The van der Waals surface area contributed by atoms with Crippen LogP contribution >= 0.6 is 0 Å². The first-order valence-corrected chi connectivity index (χ1v) is 7.82. The lowest BCUT2D eigenvalue weighted by molar-refractivity contribution is 0.320. The summed E-state index contributed by atoms with van der Waals surface area (Å²) >= 11 is 0. The van der Waals surface area contributed by atoms with Gasteiger partial charge >= 0.3 is 0 Å². The molecule has 3 heteroatoms. The lowest BCUT2D eigenvalue weighted by Gasteiger charge is -2.19. The van der Waals surface area contributed by atoms with E-state index in [9.17, 15) is 0 Å². The number of hydrogen-bond donors (Lipinski definition) is 1. The van der Waals surface area contributed by atoms with Crippen molar-refractivity contribution in [2.75, 3.05) is 33.3 Å². The predicted octanol–water partition coefficient (Wildman–Crippen LogP) is 3.08. The molecule has 0 saturated carbocycles. The van der Waals surface area contributed by atoms with Gasteiger partial charge in [0.2, 0.25) is 0 Å². The Hall–Kier alpha value is -1.06. The van der Waals surface area contributed by atoms with Crippen LogP contribution in [-0.4, -0.2) is 38.2 Å². The summed E-state index contributed by atoms with van der Waals surface area (Å²) in [4.78, 5) is 2.59. The molecule has 20 heavy (non-hydrogen) atoms. The van der Waals surface area contributed by atoms with Crippen molar-refractivity contribution in [3.8, 4) is 5.75 Å². The zero-order chi connectivity index (χ0) is 14.4. The van der Waals surface area contributed by atoms with Crippen molar-refractivity contribution in [1.82, 2.24) is 10.2 Å². The molecule has 0 spiro atoms. The van der Waals surface area contributed by atoms with E-state index in [1.807, 2.05) is 12.1 Å². The Labute approximate surface area is 123 Å². The Kier molecular flexibility index (Phi) is 5.86. The second-order valence-corrected chi connectivity index (χ2v) is 5.86. The Morgan fingerprint density at radius 2 is 2.10 bits per heavy atom. The fourth-order valence-electron chi connectivity index (χ4n) is 2.95. The van der Waals surface area contributed by atoms with Gasteiger partial charge in [0.25, 0.3) is 0 Å². The topological polar surface area (TPSA) is 24.5 Å². The number of ether oxygens (including phenoxy) is 1. The van der Waals surface area contributed by atoms with E-state index in [2.05, 4.69) is 36.2 Å². The molecule has 1 fully saturated rings. The van der Waals surface area contributed by atoms with Crippen LogP contribution < -0.4 is 10.1 Å². The quantitative estimate of drug-likeness (QED) is 0.828. The van der Waals surface area contributed by atoms with Gasteiger partial charge in [-0.15, -0.1) is 0 Å². The summed E-state index contributed by atoms with van der Waals surface area (Å²) in [5, 5.41) is 3.67. The summed E-state index contributed by atoms with van der Waals surface area (Å²) in [6.07, 6.45) is 2.60. The molecule has 3 nitrogen and oxygen atoms in total. The van der Waals surface area contributed by atoms with Crippen molar-refractivity contribution in [2.24, 2.45) is 5.92 Å². The first-order valence-electron chi connectivity index (χ1n) is 7.82. The van der Waals surface area contributed by atoms with Gasteiger partial charge in [0.1, 0.15) is 5.75 Å². The largest absolute Gasteiger partial charge is 0.497 e. The first-order chi connectivity index (χ1) is 9.72. The Morgan fingerprint density at radius 3 is 2.75 bits per heavy atom. The zero-order valence-electron chi connectivity index (χ0n) is 13.1. The van der Waals surface area contributed by atoms with Crippen LogP contribution in [0.2, 0.25) is 0 Å². The molecule has 1 aromatic carbocycles. The number of likely N-dealkylation sites (tertiary alicyclic amines) is 1. The summed E-state index contributed by atoms with van der Waals surface area (Å²) in [6.45, 7) is 9.41. The smallest absolute Gasteiger partial charge is 0.118 e. The molecule has 1 aliphatic rings. The summed E-state index contributed by atoms with van der Waals surface area (Å²) in [7, 11) is 1.71. The SMILES string of the molecule is CCCN1CCC(CNC(C)c2ccc(OC)cc2)C1. The van der Waals surface area contributed by atoms with Crippen LogP contribution in [0.1, 0.15) is 38.3 Å². The van der Waals surface area contributed by atoms with Crippen LogP contribution in [0.3, 0.4) is 0 Å². The lowest BCUT2D eigenvalue weighted by atomic mass is 10.1. The van der Waals surface area contributed by atoms with Gasteiger partial charge in [0.15, 0.2) is 0 Å². The molecule has 1 heterocycles. The highest BCUT2D eigenvalue weighted by molar-refractivity contribution is 5.28. The van der Waals surface area contributed by atoms with Gasteiger partial charge in [-0.3, -0.25) is 0 Å². The van der Waals surface area contributed by atoms with E-state index in [0.29, 0.717) is 6.04 Å². The Bertz CT molecular complexity index is 390. The molecule has 1 N–H and O–H groups in total. The standard InChI is InChI=1S/C17H28N2O/c1-4-10-19-11-9-15(13-19)12-18-14(2)16-5-7-17(20-3)8-6-16/h5-8,14-15,18H,4,9-13H2,1-3H3. The van der Waals surface area contributed by atoms with Crippen molar-refractivity contribution in [1.29, 1.82) is 0 Å². The Morgan fingerprint density at radius 1 is 1.35 bits per heavy atom. The van der Waals surface area contributed by atoms with Crippen molar-refractivity contribution in [2.45, 2.75) is 32.7 Å². The molecule has 1 aromatic rings. The fraction of sp³-hybridized carbons (Fsp3) is 0.647. The molecule has 0 amide bonds. The van der Waals surface area contributed by atoms with Gasteiger partial charge in [-0.25, -0.2) is 0 Å². The Balaban J connectivity index is 1.76. The summed E-state index contributed by atoms with van der Waals surface area (Å²) in [5.41, 5.74) is 1.33. The highest BCUT2D eigenvalue weighted by atomic mass is 16.5. The third kappa shape index (κ3) is 4.22. The molecule has 1 saturated heterocycles. The van der Waals surface area contributed by atoms with E-state index in [1.54, 1.807) is 7.11 Å². The van der Waals surface area contributed by atoms with Crippen molar-refractivity contribution < 1.29 is 4.74 Å². The monoisotopic (exact) mass is 276 g/mol. The van der Waals surface area contributed by atoms with Gasteiger partial charge in [-0.2, -0.15) is 0 Å². The molecular formula is C17H28N2O. The molecule has 0 bridgehead atoms. The molecule has 0 radical (unpaired) electrons. The molecule has 112 valence electrons. The van der Waals surface area contributed by atoms with Crippen LogP contribution in [0.25, 0.3) is 0 Å². The highest BCUT2D eigenvalue weighted by Crippen LogP contribution is 2.19. The van der Waals surface area contributed by atoms with Crippen LogP contribution in [0.5, 0.6) is 5.75 Å². The van der Waals surface area contributed by atoms with Crippen LogP contribution in [0, 0.1) is 5.92 Å². The minimum atomic E-state index is 0.404. The molecule has 1 aliphatic heterocycles. The van der Waals surface area contributed by atoms with Gasteiger partial charge in [-0.05, 0) is 63.0 Å². The maximum absolute atomic E-state index is 5.20. The molecule has 2 unspecified atom stereocenters. The van der Waals surface area contributed by atoms with Crippen molar-refractivity contribution in [3.63, 3.8) is 0 Å². The van der Waals surface area contributed by atoms with Gasteiger partial charge in [0.05, 0.1) is 7.11 Å². The van der Waals surface area contributed by atoms with Crippen LogP contribution in [0.15, 0.2) is 24.3 Å². The predicted molar refractivity (Wildman–Crippen MR) is 84.2 cm³/mol. The average molecular weight is 276 g/mol. The molecular weight excluding hydrogens is 248 g/mol. The number of nitrogens with zero attached hydrogens (tertiary/aromatic N) is 1. The van der Waals surface area contributed by atoms with Gasteiger partial charge < -0.3 is 15.0 Å². The number of methoxy groups -OCH3 is 1. The number of nitrogens with one attached hydrogen (secondary N) is 1. The van der Waals surface area contributed by atoms with E-state index >= 15 is 0 Å². The maximum atomic E-state index is 5.20. The number of benzene rings is 1. The lowest BCUT2D eigenvalue weighted by Crippen LogP contribution is -2.28. The van der Waals surface area contributed by atoms with E-state index in [1.165, 1.54) is 38.0 Å². The van der Waals surface area contributed by atoms with Gasteiger partial charge in [-0.1, -0.05) is 19.1 Å². The first kappa shape index (κ1) is 15.3. The molecule has 0 aromatic heterocycles. The summed E-state index contributed by atoms with van der Waals surface area (Å²) in [5.74, 6) is 1.73. The van der Waals surface area contributed by atoms with Gasteiger partial charge in [0, 0.05) is 12.6 Å². The number of hydrogen-bond acceptors (Lipinski definition) is 3. The minimum absolute atomic E-state index is 0.404.